The van der Waals surface area contributed by atoms with E-state index in [0.717, 1.165) is 36.8 Å². The molecular formula is C20H25NO4S. The minimum Gasteiger partial charge on any atom is -0.466 e. The second kappa shape index (κ2) is 7.37. The fraction of sp³-hybridized carbons (Fsp3) is 0.450. The van der Waals surface area contributed by atoms with Gasteiger partial charge in [-0.15, -0.1) is 0 Å². The van der Waals surface area contributed by atoms with Crippen molar-refractivity contribution in [1.29, 1.82) is 0 Å². The van der Waals surface area contributed by atoms with Crippen molar-refractivity contribution in [2.75, 3.05) is 20.2 Å². The second-order valence-electron chi connectivity index (χ2n) is 7.08. The van der Waals surface area contributed by atoms with Crippen molar-refractivity contribution in [1.82, 2.24) is 4.31 Å². The maximum Gasteiger partial charge on any atom is 0.330 e. The maximum atomic E-state index is 13.1. The highest BCUT2D eigenvalue weighted by Gasteiger charge is 2.45. The Morgan fingerprint density at radius 2 is 1.96 bits per heavy atom. The maximum absolute atomic E-state index is 13.1. The van der Waals surface area contributed by atoms with Crippen LogP contribution in [0.5, 0.6) is 0 Å². The van der Waals surface area contributed by atoms with Gasteiger partial charge in [0.25, 0.3) is 0 Å². The van der Waals surface area contributed by atoms with Gasteiger partial charge in [-0.1, -0.05) is 36.3 Å². The smallest absolute Gasteiger partial charge is 0.330 e. The molecule has 1 fully saturated rings. The highest BCUT2D eigenvalue weighted by atomic mass is 32.2. The molecule has 6 heteroatoms. The first-order chi connectivity index (χ1) is 12.4. The van der Waals surface area contributed by atoms with Crippen LogP contribution >= 0.6 is 0 Å². The predicted molar refractivity (Wildman–Crippen MR) is 100 cm³/mol. The zero-order valence-corrected chi connectivity index (χ0v) is 16.1. The molecule has 1 atom stereocenters. The fourth-order valence-corrected chi connectivity index (χ4v) is 5.22. The van der Waals surface area contributed by atoms with E-state index in [1.165, 1.54) is 17.5 Å². The molecule has 0 amide bonds. The lowest BCUT2D eigenvalue weighted by Gasteiger charge is -2.26. The number of carbonyl (C=O) groups is 1. The Hall–Kier alpha value is -1.92. The van der Waals surface area contributed by atoms with Gasteiger partial charge < -0.3 is 4.74 Å². The van der Waals surface area contributed by atoms with Gasteiger partial charge in [-0.2, -0.15) is 4.31 Å². The van der Waals surface area contributed by atoms with E-state index in [-0.39, 0.29) is 11.4 Å². The number of hydrogen-bond acceptors (Lipinski definition) is 4. The van der Waals surface area contributed by atoms with Gasteiger partial charge in [-0.3, -0.25) is 0 Å². The van der Waals surface area contributed by atoms with Gasteiger partial charge >= 0.3 is 5.97 Å². The van der Waals surface area contributed by atoms with Gasteiger partial charge in [0.05, 0.1) is 12.0 Å². The first-order valence-corrected chi connectivity index (χ1v) is 10.3. The lowest BCUT2D eigenvalue weighted by Crippen LogP contribution is -2.31. The number of aryl methyl sites for hydroxylation is 1. The first-order valence-electron chi connectivity index (χ1n) is 8.91. The quantitative estimate of drug-likeness (QED) is 0.462. The Labute approximate surface area is 155 Å². The molecule has 5 nitrogen and oxygen atoms in total. The van der Waals surface area contributed by atoms with Crippen LogP contribution in [-0.4, -0.2) is 38.9 Å². The normalized spacial score (nSPS) is 25.5. The summed E-state index contributed by atoms with van der Waals surface area (Å²) in [7, 11) is -2.27. The van der Waals surface area contributed by atoms with E-state index in [4.69, 9.17) is 4.74 Å². The molecule has 0 saturated carbocycles. The number of benzene rings is 1. The van der Waals surface area contributed by atoms with E-state index in [0.29, 0.717) is 6.54 Å². The molecule has 0 N–H and O–H groups in total. The summed E-state index contributed by atoms with van der Waals surface area (Å²) in [6.45, 7) is 2.51. The number of nitrogens with zero attached hydrogens (tertiary/aromatic N) is 1. The van der Waals surface area contributed by atoms with E-state index in [2.05, 4.69) is 12.2 Å². The summed E-state index contributed by atoms with van der Waals surface area (Å²) in [6, 6.07) is 6.88. The number of hydrogen-bond donors (Lipinski definition) is 0. The van der Waals surface area contributed by atoms with Crippen molar-refractivity contribution in [2.24, 2.45) is 5.41 Å². The molecule has 1 aliphatic heterocycles. The van der Waals surface area contributed by atoms with Gasteiger partial charge in [-0.25, -0.2) is 13.2 Å². The molecule has 0 bridgehead atoms. The molecule has 3 rings (SSSR count). The Bertz CT molecular complexity index is 839. The summed E-state index contributed by atoms with van der Waals surface area (Å²) in [5, 5.41) is 0. The first kappa shape index (κ1) is 18.9. The number of rotatable bonds is 3. The molecular weight excluding hydrogens is 350 g/mol. The number of carbonyl (C=O) groups excluding carboxylic acids is 1. The average molecular weight is 375 g/mol. The van der Waals surface area contributed by atoms with Crippen molar-refractivity contribution in [3.05, 3.63) is 53.6 Å². The zero-order chi connectivity index (χ0) is 18.8. The van der Waals surface area contributed by atoms with E-state index >= 15 is 0 Å². The van der Waals surface area contributed by atoms with Crippen LogP contribution in [0.3, 0.4) is 0 Å². The molecule has 1 aromatic carbocycles. The molecule has 0 aromatic heterocycles. The van der Waals surface area contributed by atoms with Gasteiger partial charge in [-0.05, 0) is 43.9 Å². The number of esters is 1. The van der Waals surface area contributed by atoms with Crippen molar-refractivity contribution in [2.45, 2.75) is 37.5 Å². The lowest BCUT2D eigenvalue weighted by atomic mass is 9.78. The lowest BCUT2D eigenvalue weighted by molar-refractivity contribution is -0.134. The Balaban J connectivity index is 1.99. The average Bonchev–Trinajstić information content (AvgIpc) is 2.80. The van der Waals surface area contributed by atoms with Crippen LogP contribution in [0.15, 0.2) is 53.0 Å². The largest absolute Gasteiger partial charge is 0.466 e. The van der Waals surface area contributed by atoms with Gasteiger partial charge in [0, 0.05) is 24.6 Å². The van der Waals surface area contributed by atoms with Crippen molar-refractivity contribution in [3.8, 4) is 0 Å². The summed E-state index contributed by atoms with van der Waals surface area (Å²) in [4.78, 5) is 12.1. The van der Waals surface area contributed by atoms with Gasteiger partial charge in [0.15, 0.2) is 0 Å². The summed E-state index contributed by atoms with van der Waals surface area (Å²) >= 11 is 0. The molecule has 1 spiro atoms. The minimum atomic E-state index is -3.61. The molecule has 1 aromatic rings. The van der Waals surface area contributed by atoms with Crippen LogP contribution in [0.4, 0.5) is 0 Å². The zero-order valence-electron chi connectivity index (χ0n) is 15.3. The summed E-state index contributed by atoms with van der Waals surface area (Å²) in [6.07, 6.45) is 9.59. The monoisotopic (exact) mass is 375 g/mol. The summed E-state index contributed by atoms with van der Waals surface area (Å²) in [5.74, 6) is -0.438. The van der Waals surface area contributed by atoms with E-state index in [9.17, 15) is 13.2 Å². The van der Waals surface area contributed by atoms with Crippen LogP contribution in [0.1, 0.15) is 31.2 Å². The third-order valence-electron chi connectivity index (χ3n) is 5.28. The van der Waals surface area contributed by atoms with Gasteiger partial charge in [0.2, 0.25) is 10.0 Å². The topological polar surface area (TPSA) is 63.7 Å². The van der Waals surface area contributed by atoms with Crippen molar-refractivity contribution >= 4 is 16.0 Å². The number of sulfonamides is 1. The summed E-state index contributed by atoms with van der Waals surface area (Å²) in [5.41, 5.74) is 1.42. The van der Waals surface area contributed by atoms with Crippen molar-refractivity contribution in [3.63, 3.8) is 0 Å². The van der Waals surface area contributed by atoms with Crippen LogP contribution in [0.2, 0.25) is 0 Å². The molecule has 1 heterocycles. The second-order valence-corrected chi connectivity index (χ2v) is 9.02. The highest BCUT2D eigenvalue weighted by molar-refractivity contribution is 7.89. The molecule has 1 saturated heterocycles. The number of allylic oxidation sites excluding steroid dienone is 1. The van der Waals surface area contributed by atoms with E-state index in [1.807, 2.05) is 6.92 Å². The highest BCUT2D eigenvalue weighted by Crippen LogP contribution is 2.44. The van der Waals surface area contributed by atoms with Crippen LogP contribution in [-0.2, 0) is 19.6 Å². The molecule has 1 aliphatic carbocycles. The SMILES string of the molecule is COC(=O)/C=C1\CN(S(=O)(=O)c2ccc(C)cc2)C[C@@]12C=CCCCC2. The Morgan fingerprint density at radius 3 is 2.65 bits per heavy atom. The fourth-order valence-electron chi connectivity index (χ4n) is 3.73. The molecule has 26 heavy (non-hydrogen) atoms. The molecule has 2 aliphatic rings. The number of ether oxygens (including phenoxy) is 1. The van der Waals surface area contributed by atoms with E-state index < -0.39 is 21.4 Å². The third kappa shape index (κ3) is 3.62. The molecule has 0 radical (unpaired) electrons. The van der Waals surface area contributed by atoms with E-state index in [1.54, 1.807) is 24.3 Å². The van der Waals surface area contributed by atoms with Crippen LogP contribution in [0, 0.1) is 12.3 Å². The van der Waals surface area contributed by atoms with Crippen LogP contribution < -0.4 is 0 Å². The van der Waals surface area contributed by atoms with Crippen molar-refractivity contribution < 1.29 is 17.9 Å². The Kier molecular flexibility index (Phi) is 5.34. The number of methoxy groups -OCH3 is 1. The molecule has 140 valence electrons. The predicted octanol–water partition coefficient (Wildman–Crippen LogP) is 3.22. The molecule has 0 unspecified atom stereocenters. The standard InChI is InChI=1S/C20H25NO4S/c1-16-7-9-18(10-8-16)26(23,24)21-14-17(13-19(22)25-2)20(15-21)11-5-3-4-6-12-20/h5,7-11,13H,3-4,6,12,14-15H2,1-2H3/b17-13+/t20-/m0/s1. The Morgan fingerprint density at radius 1 is 1.23 bits per heavy atom. The van der Waals surface area contributed by atoms with Crippen LogP contribution in [0.25, 0.3) is 0 Å². The summed E-state index contributed by atoms with van der Waals surface area (Å²) < 4.78 is 32.5. The minimum absolute atomic E-state index is 0.218. The third-order valence-corrected chi connectivity index (χ3v) is 7.08. The van der Waals surface area contributed by atoms with Gasteiger partial charge in [0.1, 0.15) is 0 Å².